The molecular weight excluding hydrogens is 379 g/mol. The zero-order valence-corrected chi connectivity index (χ0v) is 15.4. The maximum absolute atomic E-state index is 13.2. The Balaban J connectivity index is 1.76. The van der Waals surface area contributed by atoms with Gasteiger partial charge in [-0.15, -0.1) is 0 Å². The second kappa shape index (κ2) is 8.51. The number of benzene rings is 2. The van der Waals surface area contributed by atoms with Crippen molar-refractivity contribution in [2.24, 2.45) is 5.73 Å². The number of primary amides is 1. The van der Waals surface area contributed by atoms with Crippen LogP contribution in [0.25, 0.3) is 0 Å². The zero-order valence-electron chi connectivity index (χ0n) is 15.4. The SMILES string of the molecule is NC(=O)C[C@H]1C(=O)N(c2ccc(F)cc2)C(=O)N1NC(=O)CCc1ccccc1. The Labute approximate surface area is 166 Å². The van der Waals surface area contributed by atoms with Gasteiger partial charge in [-0.1, -0.05) is 30.3 Å². The molecule has 8 nitrogen and oxygen atoms in total. The number of imide groups is 1. The standard InChI is InChI=1S/C20H19FN4O4/c21-14-7-9-15(10-8-14)24-19(28)16(12-17(22)26)25(20(24)29)23-18(27)11-6-13-4-2-1-3-5-13/h1-5,7-10,16H,6,11-12H2,(H2,22,26)(H,23,27)/t16-/m0/s1. The van der Waals surface area contributed by atoms with Gasteiger partial charge in [-0.2, -0.15) is 0 Å². The van der Waals surface area contributed by atoms with Gasteiger partial charge in [0.15, 0.2) is 0 Å². The van der Waals surface area contributed by atoms with Gasteiger partial charge in [0.1, 0.15) is 11.9 Å². The minimum absolute atomic E-state index is 0.0713. The van der Waals surface area contributed by atoms with Crippen LogP contribution in [-0.2, 0) is 20.8 Å². The number of nitrogens with two attached hydrogens (primary N) is 1. The van der Waals surface area contributed by atoms with Crippen molar-refractivity contribution in [2.75, 3.05) is 4.90 Å². The molecular formula is C20H19FN4O4. The molecule has 0 radical (unpaired) electrons. The normalized spacial score (nSPS) is 16.2. The molecule has 0 spiro atoms. The van der Waals surface area contributed by atoms with E-state index in [1.165, 1.54) is 12.1 Å². The van der Waals surface area contributed by atoms with E-state index in [1.54, 1.807) is 0 Å². The summed E-state index contributed by atoms with van der Waals surface area (Å²) in [5.41, 5.74) is 8.66. The lowest BCUT2D eigenvalue weighted by Crippen LogP contribution is -2.50. The largest absolute Gasteiger partial charge is 0.370 e. The molecule has 29 heavy (non-hydrogen) atoms. The average Bonchev–Trinajstić information content (AvgIpc) is 2.92. The number of aryl methyl sites for hydroxylation is 1. The van der Waals surface area contributed by atoms with Crippen LogP contribution in [0.2, 0.25) is 0 Å². The Morgan fingerprint density at radius 3 is 2.31 bits per heavy atom. The molecule has 150 valence electrons. The molecule has 1 atom stereocenters. The summed E-state index contributed by atoms with van der Waals surface area (Å²) in [5.74, 6) is -2.57. The summed E-state index contributed by atoms with van der Waals surface area (Å²) in [7, 11) is 0. The third-order valence-corrected chi connectivity index (χ3v) is 4.42. The minimum Gasteiger partial charge on any atom is -0.370 e. The van der Waals surface area contributed by atoms with Gasteiger partial charge in [0.05, 0.1) is 12.1 Å². The van der Waals surface area contributed by atoms with Crippen LogP contribution in [-0.4, -0.2) is 34.8 Å². The fourth-order valence-corrected chi connectivity index (χ4v) is 3.01. The number of hydrogen-bond donors (Lipinski definition) is 2. The van der Waals surface area contributed by atoms with Crippen LogP contribution < -0.4 is 16.1 Å². The van der Waals surface area contributed by atoms with E-state index >= 15 is 0 Å². The topological polar surface area (TPSA) is 113 Å². The average molecular weight is 398 g/mol. The molecule has 0 unspecified atom stereocenters. The van der Waals surface area contributed by atoms with E-state index in [0.29, 0.717) is 6.42 Å². The quantitative estimate of drug-likeness (QED) is 0.688. The second-order valence-corrected chi connectivity index (χ2v) is 6.51. The highest BCUT2D eigenvalue weighted by Crippen LogP contribution is 2.25. The van der Waals surface area contributed by atoms with E-state index in [0.717, 1.165) is 27.6 Å². The molecule has 2 aromatic rings. The second-order valence-electron chi connectivity index (χ2n) is 6.51. The van der Waals surface area contributed by atoms with Crippen molar-refractivity contribution in [1.29, 1.82) is 0 Å². The lowest BCUT2D eigenvalue weighted by molar-refractivity contribution is -0.130. The molecule has 1 aliphatic heterocycles. The Hall–Kier alpha value is -3.75. The predicted octanol–water partition coefficient (Wildman–Crippen LogP) is 1.50. The molecule has 0 aromatic heterocycles. The predicted molar refractivity (Wildman–Crippen MR) is 102 cm³/mol. The summed E-state index contributed by atoms with van der Waals surface area (Å²) in [4.78, 5) is 50.0. The van der Waals surface area contributed by atoms with Crippen LogP contribution in [0.15, 0.2) is 54.6 Å². The number of carbonyl (C=O) groups is 4. The number of hydrogen-bond acceptors (Lipinski definition) is 4. The third-order valence-electron chi connectivity index (χ3n) is 4.42. The van der Waals surface area contributed by atoms with Crippen LogP contribution in [0.1, 0.15) is 18.4 Å². The molecule has 9 heteroatoms. The molecule has 3 rings (SSSR count). The number of nitrogens with one attached hydrogen (secondary N) is 1. The van der Waals surface area contributed by atoms with Gasteiger partial charge < -0.3 is 5.73 Å². The maximum Gasteiger partial charge on any atom is 0.350 e. The fourth-order valence-electron chi connectivity index (χ4n) is 3.01. The molecule has 5 amide bonds. The summed E-state index contributed by atoms with van der Waals surface area (Å²) < 4.78 is 13.2. The highest BCUT2D eigenvalue weighted by Gasteiger charge is 2.47. The summed E-state index contributed by atoms with van der Waals surface area (Å²) in [6.45, 7) is 0. The Bertz CT molecular complexity index is 933. The van der Waals surface area contributed by atoms with Crippen molar-refractivity contribution >= 4 is 29.4 Å². The number of nitrogens with zero attached hydrogens (tertiary/aromatic N) is 2. The lowest BCUT2D eigenvalue weighted by atomic mass is 10.1. The van der Waals surface area contributed by atoms with Crippen molar-refractivity contribution in [1.82, 2.24) is 10.4 Å². The van der Waals surface area contributed by atoms with Gasteiger partial charge in [-0.05, 0) is 36.2 Å². The number of rotatable bonds is 7. The number of amides is 5. The molecule has 2 aromatic carbocycles. The van der Waals surface area contributed by atoms with Crippen molar-refractivity contribution in [3.63, 3.8) is 0 Å². The molecule has 0 bridgehead atoms. The molecule has 0 aliphatic carbocycles. The number of carbonyl (C=O) groups excluding carboxylic acids is 4. The summed E-state index contributed by atoms with van der Waals surface area (Å²) in [6.07, 6.45) is 0.0495. The number of halogens is 1. The number of urea groups is 1. The van der Waals surface area contributed by atoms with Gasteiger partial charge >= 0.3 is 6.03 Å². The minimum atomic E-state index is -1.27. The third kappa shape index (κ3) is 4.57. The fraction of sp³-hybridized carbons (Fsp3) is 0.200. The highest BCUT2D eigenvalue weighted by molar-refractivity contribution is 6.22. The number of hydrazine groups is 1. The van der Waals surface area contributed by atoms with Crippen LogP contribution in [0.3, 0.4) is 0 Å². The maximum atomic E-state index is 13.2. The van der Waals surface area contributed by atoms with E-state index in [4.69, 9.17) is 5.73 Å². The summed E-state index contributed by atoms with van der Waals surface area (Å²) in [6, 6.07) is 11.9. The van der Waals surface area contributed by atoms with Crippen LogP contribution in [0.5, 0.6) is 0 Å². The van der Waals surface area contributed by atoms with E-state index in [1.807, 2.05) is 30.3 Å². The van der Waals surface area contributed by atoms with Gasteiger partial charge in [0.2, 0.25) is 11.8 Å². The van der Waals surface area contributed by atoms with Crippen LogP contribution in [0.4, 0.5) is 14.9 Å². The van der Waals surface area contributed by atoms with E-state index in [9.17, 15) is 23.6 Å². The smallest absolute Gasteiger partial charge is 0.350 e. The first-order valence-corrected chi connectivity index (χ1v) is 8.91. The zero-order chi connectivity index (χ0) is 21.0. The molecule has 1 fully saturated rings. The van der Waals surface area contributed by atoms with E-state index in [2.05, 4.69) is 5.43 Å². The first kappa shape index (κ1) is 20.0. The van der Waals surface area contributed by atoms with Crippen LogP contribution in [0, 0.1) is 5.82 Å². The molecule has 1 heterocycles. The first-order valence-electron chi connectivity index (χ1n) is 8.91. The van der Waals surface area contributed by atoms with Crippen LogP contribution >= 0.6 is 0 Å². The Kier molecular flexibility index (Phi) is 5.87. The Morgan fingerprint density at radius 1 is 1.03 bits per heavy atom. The van der Waals surface area contributed by atoms with Crippen molar-refractivity contribution < 1.29 is 23.6 Å². The van der Waals surface area contributed by atoms with Crippen molar-refractivity contribution in [3.05, 3.63) is 66.0 Å². The van der Waals surface area contributed by atoms with Crippen molar-refractivity contribution in [3.8, 4) is 0 Å². The molecule has 0 saturated carbocycles. The molecule has 1 saturated heterocycles. The molecule has 3 N–H and O–H groups in total. The highest BCUT2D eigenvalue weighted by atomic mass is 19.1. The Morgan fingerprint density at radius 2 is 1.69 bits per heavy atom. The summed E-state index contributed by atoms with van der Waals surface area (Å²) in [5, 5.41) is 0.809. The van der Waals surface area contributed by atoms with Gasteiger partial charge in [0, 0.05) is 6.42 Å². The van der Waals surface area contributed by atoms with E-state index in [-0.39, 0.29) is 12.1 Å². The monoisotopic (exact) mass is 398 g/mol. The number of anilines is 1. The lowest BCUT2D eigenvalue weighted by Gasteiger charge is -2.21. The molecule has 1 aliphatic rings. The van der Waals surface area contributed by atoms with Gasteiger partial charge in [0.25, 0.3) is 5.91 Å². The summed E-state index contributed by atoms with van der Waals surface area (Å²) >= 11 is 0. The first-order chi connectivity index (χ1) is 13.9. The van der Waals surface area contributed by atoms with Gasteiger partial charge in [-0.25, -0.2) is 19.1 Å². The van der Waals surface area contributed by atoms with Crippen molar-refractivity contribution in [2.45, 2.75) is 25.3 Å². The van der Waals surface area contributed by atoms with Gasteiger partial charge in [-0.3, -0.25) is 19.8 Å². The van der Waals surface area contributed by atoms with E-state index < -0.39 is 42.0 Å².